The van der Waals surface area contributed by atoms with Gasteiger partial charge in [-0.05, 0) is 37.5 Å². The molecular formula is C17H22N2O2. The van der Waals surface area contributed by atoms with Crippen LogP contribution >= 0.6 is 0 Å². The number of benzene rings is 1. The SMILES string of the molecule is CCCCOC(=O)NC1Cc2[nH]c3ccc(C)cc3c2C1. The largest absolute Gasteiger partial charge is 0.450 e. The first-order chi connectivity index (χ1) is 10.2. The number of rotatable bonds is 4. The van der Waals surface area contributed by atoms with Gasteiger partial charge in [-0.2, -0.15) is 0 Å². The van der Waals surface area contributed by atoms with Gasteiger partial charge in [0.15, 0.2) is 0 Å². The molecule has 2 N–H and O–H groups in total. The van der Waals surface area contributed by atoms with Crippen molar-refractivity contribution >= 4 is 17.0 Å². The summed E-state index contributed by atoms with van der Waals surface area (Å²) in [6.07, 6.45) is 3.39. The molecule has 1 aliphatic carbocycles. The first-order valence-corrected chi connectivity index (χ1v) is 7.70. The summed E-state index contributed by atoms with van der Waals surface area (Å²) in [5.41, 5.74) is 5.04. The molecule has 0 radical (unpaired) electrons. The number of carbonyl (C=O) groups excluding carboxylic acids is 1. The van der Waals surface area contributed by atoms with Gasteiger partial charge in [-0.1, -0.05) is 25.0 Å². The Balaban J connectivity index is 1.65. The third-order valence-corrected chi connectivity index (χ3v) is 4.10. The van der Waals surface area contributed by atoms with Crippen molar-refractivity contribution in [2.75, 3.05) is 6.61 Å². The van der Waals surface area contributed by atoms with Gasteiger partial charge in [-0.25, -0.2) is 4.79 Å². The number of amides is 1. The van der Waals surface area contributed by atoms with Crippen LogP contribution in [0.25, 0.3) is 10.9 Å². The van der Waals surface area contributed by atoms with Crippen LogP contribution in [0.15, 0.2) is 18.2 Å². The highest BCUT2D eigenvalue weighted by molar-refractivity contribution is 5.86. The second-order valence-corrected chi connectivity index (χ2v) is 5.87. The lowest BCUT2D eigenvalue weighted by atomic mass is 10.1. The van der Waals surface area contributed by atoms with Gasteiger partial charge >= 0.3 is 6.09 Å². The van der Waals surface area contributed by atoms with Crippen LogP contribution in [0.2, 0.25) is 0 Å². The van der Waals surface area contributed by atoms with Gasteiger partial charge < -0.3 is 15.0 Å². The van der Waals surface area contributed by atoms with Crippen molar-refractivity contribution in [1.82, 2.24) is 10.3 Å². The second-order valence-electron chi connectivity index (χ2n) is 5.87. The molecule has 1 aliphatic rings. The van der Waals surface area contributed by atoms with E-state index < -0.39 is 0 Å². The minimum atomic E-state index is -0.293. The number of hydrogen-bond acceptors (Lipinski definition) is 2. The Kier molecular flexibility index (Phi) is 3.86. The maximum atomic E-state index is 11.7. The lowest BCUT2D eigenvalue weighted by Crippen LogP contribution is -2.36. The molecular weight excluding hydrogens is 264 g/mol. The molecule has 2 aromatic rings. The van der Waals surface area contributed by atoms with Gasteiger partial charge in [0.2, 0.25) is 0 Å². The lowest BCUT2D eigenvalue weighted by Gasteiger charge is -2.12. The summed E-state index contributed by atoms with van der Waals surface area (Å²) in [6, 6.07) is 6.61. The van der Waals surface area contributed by atoms with Crippen molar-refractivity contribution in [3.63, 3.8) is 0 Å². The van der Waals surface area contributed by atoms with Gasteiger partial charge in [0.05, 0.1) is 6.61 Å². The van der Waals surface area contributed by atoms with Gasteiger partial charge in [0.1, 0.15) is 0 Å². The van der Waals surface area contributed by atoms with Crippen molar-refractivity contribution < 1.29 is 9.53 Å². The molecule has 0 bridgehead atoms. The van der Waals surface area contributed by atoms with Crippen molar-refractivity contribution in [3.8, 4) is 0 Å². The van der Waals surface area contributed by atoms with E-state index in [0.29, 0.717) is 6.61 Å². The number of aromatic amines is 1. The summed E-state index contributed by atoms with van der Waals surface area (Å²) in [5, 5.41) is 4.25. The fourth-order valence-electron chi connectivity index (χ4n) is 3.01. The van der Waals surface area contributed by atoms with Crippen LogP contribution in [0.3, 0.4) is 0 Å². The Morgan fingerprint density at radius 3 is 3.10 bits per heavy atom. The first-order valence-electron chi connectivity index (χ1n) is 7.70. The fourth-order valence-corrected chi connectivity index (χ4v) is 3.01. The van der Waals surface area contributed by atoms with E-state index in [0.717, 1.165) is 25.7 Å². The molecule has 1 heterocycles. The highest BCUT2D eigenvalue weighted by Crippen LogP contribution is 2.30. The molecule has 112 valence electrons. The number of aryl methyl sites for hydroxylation is 1. The Morgan fingerprint density at radius 2 is 2.29 bits per heavy atom. The number of ether oxygens (including phenoxy) is 1. The van der Waals surface area contributed by atoms with E-state index in [1.165, 1.54) is 27.7 Å². The fraction of sp³-hybridized carbons (Fsp3) is 0.471. The highest BCUT2D eigenvalue weighted by atomic mass is 16.5. The summed E-state index contributed by atoms with van der Waals surface area (Å²) in [7, 11) is 0. The average molecular weight is 286 g/mol. The van der Waals surface area contributed by atoms with E-state index in [4.69, 9.17) is 4.74 Å². The number of alkyl carbamates (subject to hydrolysis) is 1. The van der Waals surface area contributed by atoms with E-state index in [9.17, 15) is 4.79 Å². The van der Waals surface area contributed by atoms with Crippen LogP contribution in [0.5, 0.6) is 0 Å². The third kappa shape index (κ3) is 2.89. The van der Waals surface area contributed by atoms with E-state index in [-0.39, 0.29) is 12.1 Å². The molecule has 1 aromatic carbocycles. The van der Waals surface area contributed by atoms with Crippen molar-refractivity contribution in [2.24, 2.45) is 0 Å². The smallest absolute Gasteiger partial charge is 0.407 e. The quantitative estimate of drug-likeness (QED) is 0.846. The molecule has 3 rings (SSSR count). The van der Waals surface area contributed by atoms with Crippen LogP contribution < -0.4 is 5.32 Å². The molecule has 0 saturated carbocycles. The monoisotopic (exact) mass is 286 g/mol. The zero-order valence-electron chi connectivity index (χ0n) is 12.7. The summed E-state index contributed by atoms with van der Waals surface area (Å²) in [5.74, 6) is 0. The maximum absolute atomic E-state index is 11.7. The molecule has 1 amide bonds. The normalized spacial score (nSPS) is 17.0. The molecule has 1 aromatic heterocycles. The van der Waals surface area contributed by atoms with E-state index in [2.05, 4.69) is 42.3 Å². The average Bonchev–Trinajstić information content (AvgIpc) is 2.96. The molecule has 4 heteroatoms. The Hall–Kier alpha value is -1.97. The van der Waals surface area contributed by atoms with Crippen LogP contribution in [0.4, 0.5) is 4.79 Å². The molecule has 1 atom stereocenters. The zero-order valence-corrected chi connectivity index (χ0v) is 12.7. The van der Waals surface area contributed by atoms with Gasteiger partial charge in [0.25, 0.3) is 0 Å². The summed E-state index contributed by atoms with van der Waals surface area (Å²) < 4.78 is 5.17. The van der Waals surface area contributed by atoms with Crippen molar-refractivity contribution in [1.29, 1.82) is 0 Å². The molecule has 0 saturated heterocycles. The maximum Gasteiger partial charge on any atom is 0.407 e. The summed E-state index contributed by atoms with van der Waals surface area (Å²) in [6.45, 7) is 4.69. The highest BCUT2D eigenvalue weighted by Gasteiger charge is 2.26. The van der Waals surface area contributed by atoms with E-state index >= 15 is 0 Å². The number of nitrogens with one attached hydrogen (secondary N) is 2. The second kappa shape index (κ2) is 5.80. The van der Waals surface area contributed by atoms with Crippen LogP contribution in [0, 0.1) is 6.92 Å². The van der Waals surface area contributed by atoms with Crippen LogP contribution in [-0.2, 0) is 17.6 Å². The van der Waals surface area contributed by atoms with E-state index in [1.54, 1.807) is 0 Å². The van der Waals surface area contributed by atoms with Gasteiger partial charge in [0, 0.05) is 29.1 Å². The van der Waals surface area contributed by atoms with Crippen molar-refractivity contribution in [3.05, 3.63) is 35.0 Å². The Morgan fingerprint density at radius 1 is 1.43 bits per heavy atom. The molecule has 0 spiro atoms. The van der Waals surface area contributed by atoms with Crippen LogP contribution in [0.1, 0.15) is 36.6 Å². The topological polar surface area (TPSA) is 54.1 Å². The number of H-pyrrole nitrogens is 1. The minimum absolute atomic E-state index is 0.144. The first kappa shape index (κ1) is 14.0. The minimum Gasteiger partial charge on any atom is -0.450 e. The molecule has 21 heavy (non-hydrogen) atoms. The lowest BCUT2D eigenvalue weighted by molar-refractivity contribution is 0.141. The number of unbranched alkanes of at least 4 members (excludes halogenated alkanes) is 1. The molecule has 1 unspecified atom stereocenters. The van der Waals surface area contributed by atoms with Crippen LogP contribution in [-0.4, -0.2) is 23.7 Å². The number of fused-ring (bicyclic) bond motifs is 3. The Bertz CT molecular complexity index is 660. The Labute approximate surface area is 124 Å². The predicted octanol–water partition coefficient (Wildman–Crippen LogP) is 3.47. The number of carbonyl (C=O) groups is 1. The zero-order chi connectivity index (χ0) is 14.8. The molecule has 0 fully saturated rings. The third-order valence-electron chi connectivity index (χ3n) is 4.10. The standard InChI is InChI=1S/C17H22N2O2/c1-3-4-7-21-17(20)18-12-9-14-13-8-11(2)5-6-15(13)19-16(14)10-12/h5-6,8,12,19H,3-4,7,9-10H2,1-2H3,(H,18,20). The summed E-state index contributed by atoms with van der Waals surface area (Å²) in [4.78, 5) is 15.2. The van der Waals surface area contributed by atoms with Crippen molar-refractivity contribution in [2.45, 2.75) is 45.6 Å². The molecule has 4 nitrogen and oxygen atoms in total. The summed E-state index contributed by atoms with van der Waals surface area (Å²) >= 11 is 0. The number of hydrogen-bond donors (Lipinski definition) is 2. The van der Waals surface area contributed by atoms with Gasteiger partial charge in [-0.15, -0.1) is 0 Å². The predicted molar refractivity (Wildman–Crippen MR) is 83.6 cm³/mol. The van der Waals surface area contributed by atoms with Gasteiger partial charge in [-0.3, -0.25) is 0 Å². The molecule has 0 aliphatic heterocycles. The van der Waals surface area contributed by atoms with E-state index in [1.807, 2.05) is 0 Å². The number of aromatic nitrogens is 1.